The van der Waals surface area contributed by atoms with Gasteiger partial charge in [-0.25, -0.2) is 0 Å². The normalized spacial score (nSPS) is 23.4. The summed E-state index contributed by atoms with van der Waals surface area (Å²) in [5.41, 5.74) is 7.44. The van der Waals surface area contributed by atoms with Crippen LogP contribution in [0, 0.1) is 5.92 Å². The van der Waals surface area contributed by atoms with Crippen LogP contribution in [-0.4, -0.2) is 5.11 Å². The maximum atomic E-state index is 13.5. The highest BCUT2D eigenvalue weighted by molar-refractivity contribution is 5.73. The van der Waals surface area contributed by atoms with E-state index < -0.39 is 17.3 Å². The molecule has 0 saturated heterocycles. The predicted octanol–water partition coefficient (Wildman–Crippen LogP) is 4.25. The minimum Gasteiger partial charge on any atom is -0.397 e. The van der Waals surface area contributed by atoms with Crippen LogP contribution in [0.2, 0.25) is 0 Å². The van der Waals surface area contributed by atoms with E-state index in [0.717, 1.165) is 24.1 Å². The van der Waals surface area contributed by atoms with Crippen LogP contribution in [0.3, 0.4) is 0 Å². The van der Waals surface area contributed by atoms with E-state index in [2.05, 4.69) is 10.7 Å². The van der Waals surface area contributed by atoms with E-state index in [1.807, 2.05) is 37.3 Å². The third kappa shape index (κ3) is 4.24. The topological polar surface area (TPSA) is 96.3 Å². The average Bonchev–Trinajstić information content (AvgIpc) is 2.71. The van der Waals surface area contributed by atoms with E-state index in [9.17, 15) is 18.3 Å². The van der Waals surface area contributed by atoms with Gasteiger partial charge in [-0.1, -0.05) is 37.3 Å². The molecule has 1 aliphatic rings. The second kappa shape index (κ2) is 8.57. The summed E-state index contributed by atoms with van der Waals surface area (Å²) in [7, 11) is 0. The molecule has 1 saturated carbocycles. The molecule has 0 spiro atoms. The highest BCUT2D eigenvalue weighted by atomic mass is 19.4. The fraction of sp³-hybridized carbons (Fsp3) is 0.364. The van der Waals surface area contributed by atoms with Crippen molar-refractivity contribution in [2.45, 2.75) is 44.5 Å². The summed E-state index contributed by atoms with van der Waals surface area (Å²) in [6.07, 6.45) is -0.865. The van der Waals surface area contributed by atoms with Crippen molar-refractivity contribution in [2.75, 3.05) is 11.2 Å². The molecule has 0 aromatic heterocycles. The molecule has 30 heavy (non-hydrogen) atoms. The molecule has 1 fully saturated rings. The summed E-state index contributed by atoms with van der Waals surface area (Å²) < 4.78 is 40.4. The number of alkyl halides is 3. The number of hydrogen-bond donors (Lipinski definition) is 5. The molecule has 0 aliphatic heterocycles. The highest BCUT2D eigenvalue weighted by Crippen LogP contribution is 2.49. The maximum Gasteiger partial charge on any atom is 0.416 e. The first-order chi connectivity index (χ1) is 14.2. The molecule has 2 aromatic rings. The van der Waals surface area contributed by atoms with Gasteiger partial charge in [0.1, 0.15) is 5.60 Å². The van der Waals surface area contributed by atoms with Crippen LogP contribution in [-0.2, 0) is 18.3 Å². The molecule has 8 heteroatoms. The number of nitrogen functional groups attached to an aromatic ring is 2. The van der Waals surface area contributed by atoms with Crippen LogP contribution >= 0.6 is 0 Å². The molecular formula is C22H27F3N4O. The molecule has 0 bridgehead atoms. The Balaban J connectivity index is 2.04. The first kappa shape index (κ1) is 22.0. The zero-order chi connectivity index (χ0) is 21.9. The van der Waals surface area contributed by atoms with Gasteiger partial charge in [-0.05, 0) is 54.6 Å². The van der Waals surface area contributed by atoms with Crippen LogP contribution in [0.5, 0.6) is 0 Å². The Kier molecular flexibility index (Phi) is 6.28. The van der Waals surface area contributed by atoms with Gasteiger partial charge in [0.05, 0.1) is 16.9 Å². The van der Waals surface area contributed by atoms with Crippen LogP contribution in [0.4, 0.5) is 24.5 Å². The molecule has 5 nitrogen and oxygen atoms in total. The van der Waals surface area contributed by atoms with Crippen molar-refractivity contribution in [3.05, 3.63) is 70.9 Å². The molecule has 2 unspecified atom stereocenters. The largest absolute Gasteiger partial charge is 0.416 e. The molecule has 162 valence electrons. The number of rotatable bonds is 5. The van der Waals surface area contributed by atoms with Gasteiger partial charge < -0.3 is 21.6 Å². The molecule has 1 aliphatic carbocycles. The Morgan fingerprint density at radius 2 is 1.93 bits per heavy atom. The van der Waals surface area contributed by atoms with Crippen molar-refractivity contribution in [1.82, 2.24) is 5.32 Å². The highest BCUT2D eigenvalue weighted by Gasteiger charge is 2.45. The first-order valence-corrected chi connectivity index (χ1v) is 9.85. The fourth-order valence-electron chi connectivity index (χ4n) is 4.07. The predicted molar refractivity (Wildman–Crippen MR) is 112 cm³/mol. The van der Waals surface area contributed by atoms with E-state index in [4.69, 9.17) is 11.6 Å². The molecule has 2 aromatic carbocycles. The minimum absolute atomic E-state index is 0.00992. The number of hydrogen-bond acceptors (Lipinski definition) is 5. The van der Waals surface area contributed by atoms with Gasteiger partial charge >= 0.3 is 6.18 Å². The summed E-state index contributed by atoms with van der Waals surface area (Å²) in [4.78, 5) is 0. The fourth-order valence-corrected chi connectivity index (χ4v) is 4.07. The summed E-state index contributed by atoms with van der Waals surface area (Å²) in [6, 6.07) is 11.5. The Bertz CT molecular complexity index is 915. The Morgan fingerprint density at radius 1 is 1.23 bits per heavy atom. The van der Waals surface area contributed by atoms with E-state index >= 15 is 0 Å². The quantitative estimate of drug-likeness (QED) is 0.283. The van der Waals surface area contributed by atoms with Gasteiger partial charge in [0.2, 0.25) is 0 Å². The van der Waals surface area contributed by atoms with Crippen molar-refractivity contribution in [3.63, 3.8) is 0 Å². The zero-order valence-corrected chi connectivity index (χ0v) is 16.8. The minimum atomic E-state index is -4.60. The van der Waals surface area contributed by atoms with Gasteiger partial charge in [0.15, 0.2) is 0 Å². The second-order valence-corrected chi connectivity index (χ2v) is 7.72. The standard InChI is InChI=1S/C22H27F3N4O/c1-14-6-5-9-16(13-28-12-15-7-3-2-4-8-15)21(14,30)18-10-17(22(23,24)25)11-19(29-27)20(18)26/h2-4,7-8,10-11,13-14,28-30H,5-6,9,12,26-27H2,1H3/b16-13+. The van der Waals surface area contributed by atoms with E-state index in [1.54, 1.807) is 6.20 Å². The summed E-state index contributed by atoms with van der Waals surface area (Å²) >= 11 is 0. The number of hydrazine groups is 1. The lowest BCUT2D eigenvalue weighted by atomic mass is 9.68. The molecule has 0 radical (unpaired) electrons. The third-order valence-electron chi connectivity index (χ3n) is 5.78. The molecular weight excluding hydrogens is 393 g/mol. The molecule has 0 amide bonds. The molecule has 2 atom stereocenters. The Hall–Kier alpha value is -2.71. The van der Waals surface area contributed by atoms with Crippen LogP contribution < -0.4 is 22.3 Å². The van der Waals surface area contributed by atoms with E-state index in [1.165, 1.54) is 0 Å². The maximum absolute atomic E-state index is 13.5. The number of benzene rings is 2. The monoisotopic (exact) mass is 420 g/mol. The number of aliphatic hydroxyl groups is 1. The lowest BCUT2D eigenvalue weighted by Gasteiger charge is -2.42. The molecule has 3 rings (SSSR count). The SMILES string of the molecule is CC1CCC/C(=C\NCc2ccccc2)C1(O)c1cc(C(F)(F)F)cc(NN)c1N. The third-order valence-corrected chi connectivity index (χ3v) is 5.78. The Morgan fingerprint density at radius 3 is 2.57 bits per heavy atom. The number of halogens is 3. The number of nitrogens with two attached hydrogens (primary N) is 2. The first-order valence-electron chi connectivity index (χ1n) is 9.85. The van der Waals surface area contributed by atoms with Crippen molar-refractivity contribution < 1.29 is 18.3 Å². The number of anilines is 2. The smallest absolute Gasteiger partial charge is 0.397 e. The van der Waals surface area contributed by atoms with Crippen LogP contribution in [0.1, 0.15) is 42.9 Å². The van der Waals surface area contributed by atoms with Crippen LogP contribution in [0.15, 0.2) is 54.2 Å². The van der Waals surface area contributed by atoms with Gasteiger partial charge in [0, 0.05) is 12.1 Å². The summed E-state index contributed by atoms with van der Waals surface area (Å²) in [5, 5.41) is 14.9. The molecule has 0 heterocycles. The summed E-state index contributed by atoms with van der Waals surface area (Å²) in [6.45, 7) is 2.35. The van der Waals surface area contributed by atoms with Crippen molar-refractivity contribution in [2.24, 2.45) is 11.8 Å². The van der Waals surface area contributed by atoms with Gasteiger partial charge in [0.25, 0.3) is 0 Å². The van der Waals surface area contributed by atoms with Crippen molar-refractivity contribution in [3.8, 4) is 0 Å². The van der Waals surface area contributed by atoms with Gasteiger partial charge in [-0.15, -0.1) is 0 Å². The Labute approximate surface area is 173 Å². The lowest BCUT2D eigenvalue weighted by Crippen LogP contribution is -2.40. The lowest BCUT2D eigenvalue weighted by molar-refractivity contribution is -0.137. The van der Waals surface area contributed by atoms with Crippen molar-refractivity contribution >= 4 is 11.4 Å². The zero-order valence-electron chi connectivity index (χ0n) is 16.8. The summed E-state index contributed by atoms with van der Waals surface area (Å²) in [5.74, 6) is 5.09. The van der Waals surface area contributed by atoms with Gasteiger partial charge in [-0.2, -0.15) is 13.2 Å². The van der Waals surface area contributed by atoms with E-state index in [-0.39, 0.29) is 22.9 Å². The molecule has 7 N–H and O–H groups in total. The van der Waals surface area contributed by atoms with Crippen molar-refractivity contribution in [1.29, 1.82) is 0 Å². The van der Waals surface area contributed by atoms with Crippen LogP contribution in [0.25, 0.3) is 0 Å². The second-order valence-electron chi connectivity index (χ2n) is 7.72. The average molecular weight is 420 g/mol. The van der Waals surface area contributed by atoms with E-state index in [0.29, 0.717) is 25.0 Å². The number of nitrogens with one attached hydrogen (secondary N) is 2. The van der Waals surface area contributed by atoms with Gasteiger partial charge in [-0.3, -0.25) is 5.84 Å².